The normalized spacial score (nSPS) is 17.4. The van der Waals surface area contributed by atoms with Crippen molar-refractivity contribution in [3.05, 3.63) is 46.9 Å². The quantitative estimate of drug-likeness (QED) is 0.922. The Balaban J connectivity index is 1.84. The Hall–Kier alpha value is -2.43. The molecular formula is C20H26N4O. The van der Waals surface area contributed by atoms with Crippen LogP contribution >= 0.6 is 0 Å². The van der Waals surface area contributed by atoms with Crippen LogP contribution in [0.25, 0.3) is 0 Å². The molecule has 0 radical (unpaired) electrons. The summed E-state index contributed by atoms with van der Waals surface area (Å²) in [5, 5.41) is 2.99. The van der Waals surface area contributed by atoms with Crippen LogP contribution in [-0.2, 0) is 0 Å². The number of nitrogens with zero attached hydrogens (tertiary/aromatic N) is 3. The number of hydrogen-bond acceptors (Lipinski definition) is 4. The third-order valence-electron chi connectivity index (χ3n) is 4.68. The van der Waals surface area contributed by atoms with Crippen LogP contribution in [0.2, 0.25) is 0 Å². The van der Waals surface area contributed by atoms with Gasteiger partial charge in [-0.2, -0.15) is 0 Å². The maximum Gasteiger partial charge on any atom is 0.274 e. The molecule has 1 unspecified atom stereocenters. The zero-order valence-corrected chi connectivity index (χ0v) is 15.5. The van der Waals surface area contributed by atoms with Gasteiger partial charge in [0.2, 0.25) is 0 Å². The lowest BCUT2D eigenvalue weighted by atomic mass is 10.0. The van der Waals surface area contributed by atoms with Crippen LogP contribution in [-0.4, -0.2) is 29.0 Å². The summed E-state index contributed by atoms with van der Waals surface area (Å²) in [6.45, 7) is 10.1. The van der Waals surface area contributed by atoms with Gasteiger partial charge in [-0.15, -0.1) is 0 Å². The van der Waals surface area contributed by atoms with Crippen LogP contribution in [0, 0.1) is 26.7 Å². The van der Waals surface area contributed by atoms with Gasteiger partial charge in [0.05, 0.1) is 0 Å². The lowest BCUT2D eigenvalue weighted by Crippen LogP contribution is -2.35. The van der Waals surface area contributed by atoms with Crippen molar-refractivity contribution in [3.8, 4) is 0 Å². The van der Waals surface area contributed by atoms with Crippen molar-refractivity contribution in [2.24, 2.45) is 5.92 Å². The number of anilines is 2. The molecule has 0 spiro atoms. The molecule has 1 amide bonds. The molecule has 0 aliphatic carbocycles. The number of aromatic nitrogens is 2. The molecule has 0 bridgehead atoms. The van der Waals surface area contributed by atoms with Gasteiger partial charge in [-0.05, 0) is 56.7 Å². The van der Waals surface area contributed by atoms with Crippen LogP contribution in [0.5, 0.6) is 0 Å². The highest BCUT2D eigenvalue weighted by atomic mass is 16.1. The van der Waals surface area contributed by atoms with Gasteiger partial charge in [0.25, 0.3) is 5.91 Å². The molecule has 1 saturated heterocycles. The number of hydrogen-bond donors (Lipinski definition) is 1. The first kappa shape index (κ1) is 17.4. The highest BCUT2D eigenvalue weighted by Gasteiger charge is 2.20. The van der Waals surface area contributed by atoms with Crippen LogP contribution in [0.4, 0.5) is 11.5 Å². The predicted molar refractivity (Wildman–Crippen MR) is 101 cm³/mol. The minimum Gasteiger partial charge on any atom is -0.356 e. The number of nitrogens with one attached hydrogen (secondary N) is 1. The summed E-state index contributed by atoms with van der Waals surface area (Å²) in [4.78, 5) is 23.9. The predicted octanol–water partition coefficient (Wildman–Crippen LogP) is 3.89. The molecule has 5 heteroatoms. The standard InChI is InChI=1S/C20H26N4O/c1-13-7-8-15(3)17(10-13)23-20(25)18-11-19(22-16(4)21-18)24-9-5-6-14(2)12-24/h7-8,10-11,14H,5-6,9,12H2,1-4H3,(H,23,25). The summed E-state index contributed by atoms with van der Waals surface area (Å²) < 4.78 is 0. The van der Waals surface area contributed by atoms with Gasteiger partial charge in [-0.1, -0.05) is 19.1 Å². The van der Waals surface area contributed by atoms with E-state index in [9.17, 15) is 4.79 Å². The zero-order chi connectivity index (χ0) is 18.0. The van der Waals surface area contributed by atoms with Gasteiger partial charge in [0.15, 0.2) is 0 Å². The Morgan fingerprint density at radius 1 is 1.20 bits per heavy atom. The van der Waals surface area contributed by atoms with Gasteiger partial charge in [-0.25, -0.2) is 9.97 Å². The highest BCUT2D eigenvalue weighted by Crippen LogP contribution is 2.23. The minimum absolute atomic E-state index is 0.189. The van der Waals surface area contributed by atoms with Gasteiger partial charge >= 0.3 is 0 Å². The molecule has 1 fully saturated rings. The van der Waals surface area contributed by atoms with E-state index in [1.54, 1.807) is 0 Å². The average molecular weight is 338 g/mol. The van der Waals surface area contributed by atoms with Crippen molar-refractivity contribution in [3.63, 3.8) is 0 Å². The Morgan fingerprint density at radius 3 is 2.76 bits per heavy atom. The summed E-state index contributed by atoms with van der Waals surface area (Å²) in [5.41, 5.74) is 3.40. The van der Waals surface area contributed by atoms with E-state index in [0.29, 0.717) is 17.4 Å². The summed E-state index contributed by atoms with van der Waals surface area (Å²) in [7, 11) is 0. The number of piperidine rings is 1. The molecule has 3 rings (SSSR count). The van der Waals surface area contributed by atoms with Gasteiger partial charge < -0.3 is 10.2 Å². The molecule has 1 N–H and O–H groups in total. The molecular weight excluding hydrogens is 312 g/mol. The van der Waals surface area contributed by atoms with Crippen LogP contribution in [0.1, 0.15) is 47.2 Å². The van der Waals surface area contributed by atoms with E-state index in [2.05, 4.69) is 27.1 Å². The van der Waals surface area contributed by atoms with Crippen molar-refractivity contribution >= 4 is 17.4 Å². The maximum absolute atomic E-state index is 12.7. The topological polar surface area (TPSA) is 58.1 Å². The molecule has 1 aliphatic rings. The molecule has 2 heterocycles. The number of carbonyl (C=O) groups is 1. The molecule has 5 nitrogen and oxygen atoms in total. The Kier molecular flexibility index (Phi) is 5.02. The number of rotatable bonds is 3. The molecule has 1 atom stereocenters. The Labute approximate surface area is 149 Å². The van der Waals surface area contributed by atoms with Crippen molar-refractivity contribution in [2.75, 3.05) is 23.3 Å². The fraction of sp³-hybridized carbons (Fsp3) is 0.450. The summed E-state index contributed by atoms with van der Waals surface area (Å²) in [6, 6.07) is 7.84. The first-order chi connectivity index (χ1) is 11.9. The van der Waals surface area contributed by atoms with Crippen LogP contribution in [0.3, 0.4) is 0 Å². The summed E-state index contributed by atoms with van der Waals surface area (Å²) >= 11 is 0. The third-order valence-corrected chi connectivity index (χ3v) is 4.68. The van der Waals surface area contributed by atoms with Gasteiger partial charge in [0.1, 0.15) is 17.3 Å². The molecule has 132 valence electrons. The third kappa shape index (κ3) is 4.16. The molecule has 1 aromatic heterocycles. The molecule has 1 aliphatic heterocycles. The van der Waals surface area contributed by atoms with E-state index in [4.69, 9.17) is 0 Å². The van der Waals surface area contributed by atoms with Gasteiger partial charge in [-0.3, -0.25) is 4.79 Å². The highest BCUT2D eigenvalue weighted by molar-refractivity contribution is 6.03. The van der Waals surface area contributed by atoms with E-state index >= 15 is 0 Å². The molecule has 0 saturated carbocycles. The first-order valence-electron chi connectivity index (χ1n) is 8.91. The summed E-state index contributed by atoms with van der Waals surface area (Å²) in [5.74, 6) is 1.94. The average Bonchev–Trinajstić information content (AvgIpc) is 2.57. The van der Waals surface area contributed by atoms with E-state index in [-0.39, 0.29) is 5.91 Å². The lowest BCUT2D eigenvalue weighted by Gasteiger charge is -2.32. The maximum atomic E-state index is 12.7. The lowest BCUT2D eigenvalue weighted by molar-refractivity contribution is 0.102. The second-order valence-electron chi connectivity index (χ2n) is 7.12. The van der Waals surface area contributed by atoms with E-state index in [0.717, 1.165) is 42.1 Å². The molecule has 2 aromatic rings. The number of benzene rings is 1. The monoisotopic (exact) mass is 338 g/mol. The Morgan fingerprint density at radius 2 is 2.00 bits per heavy atom. The van der Waals surface area contributed by atoms with E-state index < -0.39 is 0 Å². The Bertz CT molecular complexity index is 787. The van der Waals surface area contributed by atoms with E-state index in [1.165, 1.54) is 6.42 Å². The van der Waals surface area contributed by atoms with Gasteiger partial charge in [0, 0.05) is 24.8 Å². The largest absolute Gasteiger partial charge is 0.356 e. The summed E-state index contributed by atoms with van der Waals surface area (Å²) in [6.07, 6.45) is 2.41. The molecule has 25 heavy (non-hydrogen) atoms. The number of aryl methyl sites for hydroxylation is 3. The van der Waals surface area contributed by atoms with Crippen molar-refractivity contribution in [1.29, 1.82) is 0 Å². The fourth-order valence-electron chi connectivity index (χ4n) is 3.28. The number of carbonyl (C=O) groups excluding carboxylic acids is 1. The van der Waals surface area contributed by atoms with Crippen molar-refractivity contribution in [2.45, 2.75) is 40.5 Å². The van der Waals surface area contributed by atoms with Crippen molar-refractivity contribution < 1.29 is 4.79 Å². The smallest absolute Gasteiger partial charge is 0.274 e. The first-order valence-corrected chi connectivity index (χ1v) is 8.91. The second kappa shape index (κ2) is 7.21. The van der Waals surface area contributed by atoms with Crippen LogP contribution < -0.4 is 10.2 Å². The minimum atomic E-state index is -0.189. The van der Waals surface area contributed by atoms with Crippen LogP contribution in [0.15, 0.2) is 24.3 Å². The zero-order valence-electron chi connectivity index (χ0n) is 15.5. The fourth-order valence-corrected chi connectivity index (χ4v) is 3.28. The van der Waals surface area contributed by atoms with Crippen molar-refractivity contribution in [1.82, 2.24) is 9.97 Å². The second-order valence-corrected chi connectivity index (χ2v) is 7.12. The number of amides is 1. The molecule has 1 aromatic carbocycles. The van der Waals surface area contributed by atoms with E-state index in [1.807, 2.05) is 45.0 Å². The SMILES string of the molecule is Cc1ccc(C)c(NC(=O)c2cc(N3CCCC(C)C3)nc(C)n2)c1.